The second-order valence-electron chi connectivity index (χ2n) is 4.47. The molecule has 22 heavy (non-hydrogen) atoms. The summed E-state index contributed by atoms with van der Waals surface area (Å²) in [6.07, 6.45) is 0. The summed E-state index contributed by atoms with van der Waals surface area (Å²) in [6.45, 7) is -0.305. The van der Waals surface area contributed by atoms with Gasteiger partial charge in [-0.15, -0.1) is 11.8 Å². The molecule has 114 valence electrons. The van der Waals surface area contributed by atoms with Crippen LogP contribution in [0.2, 0.25) is 5.02 Å². The molecule has 0 spiro atoms. The van der Waals surface area contributed by atoms with Gasteiger partial charge in [-0.3, -0.25) is 10.1 Å². The second kappa shape index (κ2) is 7.29. The van der Waals surface area contributed by atoms with Crippen molar-refractivity contribution < 1.29 is 14.8 Å². The number of carbonyl (C=O) groups is 1. The lowest BCUT2D eigenvalue weighted by molar-refractivity contribution is -0.479. The lowest BCUT2D eigenvalue weighted by atomic mass is 10.1. The number of thioether (sulfide) groups is 1. The van der Waals surface area contributed by atoms with Gasteiger partial charge in [0, 0.05) is 14.8 Å². The number of carboxylic acid groups (broad SMARTS) is 1. The number of halogens is 1. The average molecular weight is 338 g/mol. The van der Waals surface area contributed by atoms with Gasteiger partial charge in [-0.1, -0.05) is 35.9 Å². The summed E-state index contributed by atoms with van der Waals surface area (Å²) in [5, 5.41) is 20.2. The van der Waals surface area contributed by atoms with Crippen LogP contribution in [0, 0.1) is 10.1 Å². The molecular weight excluding hydrogens is 326 g/mol. The Morgan fingerprint density at radius 2 is 1.86 bits per heavy atom. The maximum absolute atomic E-state index is 11.2. The fraction of sp³-hybridized carbons (Fsp3) is 0.133. The number of carboxylic acids is 1. The second-order valence-corrected chi connectivity index (χ2v) is 6.16. The van der Waals surface area contributed by atoms with E-state index in [9.17, 15) is 20.0 Å². The molecule has 0 amide bonds. The molecule has 1 N–H and O–H groups in total. The molecule has 0 aromatic heterocycles. The van der Waals surface area contributed by atoms with Crippen molar-refractivity contribution in [1.29, 1.82) is 0 Å². The lowest BCUT2D eigenvalue weighted by Gasteiger charge is -2.14. The molecule has 1 atom stereocenters. The Bertz CT molecular complexity index is 690. The van der Waals surface area contributed by atoms with E-state index in [0.29, 0.717) is 9.92 Å². The summed E-state index contributed by atoms with van der Waals surface area (Å²) >= 11 is 7.00. The molecule has 2 rings (SSSR count). The van der Waals surface area contributed by atoms with Crippen LogP contribution in [0.1, 0.15) is 21.2 Å². The van der Waals surface area contributed by atoms with Gasteiger partial charge >= 0.3 is 5.97 Å². The quantitative estimate of drug-likeness (QED) is 0.486. The number of nitrogens with zero attached hydrogens (tertiary/aromatic N) is 1. The lowest BCUT2D eigenvalue weighted by Crippen LogP contribution is -2.10. The van der Waals surface area contributed by atoms with Crippen LogP contribution in [0.5, 0.6) is 0 Å². The minimum absolute atomic E-state index is 0.134. The highest BCUT2D eigenvalue weighted by molar-refractivity contribution is 7.99. The van der Waals surface area contributed by atoms with Crippen LogP contribution < -0.4 is 0 Å². The predicted molar refractivity (Wildman–Crippen MR) is 85.3 cm³/mol. The number of hydrogen-bond acceptors (Lipinski definition) is 4. The molecular formula is C15H12ClNO4S. The van der Waals surface area contributed by atoms with Gasteiger partial charge in [-0.2, -0.15) is 0 Å². The van der Waals surface area contributed by atoms with Crippen molar-refractivity contribution in [2.75, 3.05) is 6.54 Å². The molecule has 0 saturated carbocycles. The van der Waals surface area contributed by atoms with Crippen LogP contribution in [0.3, 0.4) is 0 Å². The maximum Gasteiger partial charge on any atom is 0.336 e. The van der Waals surface area contributed by atoms with E-state index in [1.807, 2.05) is 0 Å². The zero-order chi connectivity index (χ0) is 16.1. The van der Waals surface area contributed by atoms with E-state index < -0.39 is 16.1 Å². The molecule has 0 aliphatic carbocycles. The van der Waals surface area contributed by atoms with E-state index in [2.05, 4.69) is 0 Å². The van der Waals surface area contributed by atoms with Crippen LogP contribution in [-0.2, 0) is 0 Å². The fourth-order valence-electron chi connectivity index (χ4n) is 1.92. The maximum atomic E-state index is 11.2. The topological polar surface area (TPSA) is 80.4 Å². The molecule has 0 radical (unpaired) electrons. The van der Waals surface area contributed by atoms with Gasteiger partial charge in [-0.05, 0) is 29.8 Å². The first-order chi connectivity index (χ1) is 10.5. The van der Waals surface area contributed by atoms with Crippen LogP contribution in [0.4, 0.5) is 0 Å². The van der Waals surface area contributed by atoms with E-state index in [-0.39, 0.29) is 12.1 Å². The third-order valence-electron chi connectivity index (χ3n) is 2.94. The fourth-order valence-corrected chi connectivity index (χ4v) is 3.28. The minimum atomic E-state index is -1.06. The van der Waals surface area contributed by atoms with E-state index in [0.717, 1.165) is 5.56 Å². The van der Waals surface area contributed by atoms with Crippen molar-refractivity contribution in [2.45, 2.75) is 10.1 Å². The smallest absolute Gasteiger partial charge is 0.336 e. The zero-order valence-corrected chi connectivity index (χ0v) is 12.9. The Morgan fingerprint density at radius 1 is 1.23 bits per heavy atom. The average Bonchev–Trinajstić information content (AvgIpc) is 2.47. The highest BCUT2D eigenvalue weighted by atomic mass is 35.5. The van der Waals surface area contributed by atoms with Crippen molar-refractivity contribution >= 4 is 29.3 Å². The Hall–Kier alpha value is -2.05. The van der Waals surface area contributed by atoms with Crippen molar-refractivity contribution in [3.8, 4) is 0 Å². The molecule has 0 aliphatic heterocycles. The number of aromatic carboxylic acids is 1. The number of rotatable bonds is 6. The summed E-state index contributed by atoms with van der Waals surface area (Å²) < 4.78 is 0. The molecule has 0 heterocycles. The minimum Gasteiger partial charge on any atom is -0.478 e. The molecule has 5 nitrogen and oxygen atoms in total. The molecule has 7 heteroatoms. The van der Waals surface area contributed by atoms with Crippen LogP contribution in [-0.4, -0.2) is 22.5 Å². The third kappa shape index (κ3) is 4.22. The monoisotopic (exact) mass is 337 g/mol. The van der Waals surface area contributed by atoms with Gasteiger partial charge < -0.3 is 5.11 Å². The summed E-state index contributed by atoms with van der Waals surface area (Å²) in [4.78, 5) is 22.2. The number of hydrogen-bond donors (Lipinski definition) is 1. The van der Waals surface area contributed by atoms with Crippen molar-refractivity contribution in [1.82, 2.24) is 0 Å². The first kappa shape index (κ1) is 16.3. The van der Waals surface area contributed by atoms with Gasteiger partial charge in [0.25, 0.3) is 0 Å². The van der Waals surface area contributed by atoms with Crippen LogP contribution >= 0.6 is 23.4 Å². The standard InChI is InChI=1S/C15H12ClNO4S/c16-11-7-5-10(6-8-11)14(9-17(20)21)22-13-4-2-1-3-12(13)15(18)19/h1-8,14H,9H2,(H,18,19). The Balaban J connectivity index is 2.33. The van der Waals surface area contributed by atoms with Gasteiger partial charge in [0.2, 0.25) is 6.54 Å². The largest absolute Gasteiger partial charge is 0.478 e. The highest BCUT2D eigenvalue weighted by Gasteiger charge is 2.22. The van der Waals surface area contributed by atoms with Crippen molar-refractivity contribution in [2.24, 2.45) is 0 Å². The summed E-state index contributed by atoms with van der Waals surface area (Å²) in [5.41, 5.74) is 0.862. The van der Waals surface area contributed by atoms with Gasteiger partial charge in [0.1, 0.15) is 0 Å². The Labute approximate surface area is 136 Å². The first-order valence-electron chi connectivity index (χ1n) is 6.33. The van der Waals surface area contributed by atoms with Gasteiger partial charge in [-0.25, -0.2) is 4.79 Å². The van der Waals surface area contributed by atoms with E-state index in [1.54, 1.807) is 42.5 Å². The predicted octanol–water partition coefficient (Wildman–Crippen LogP) is 4.15. The number of benzene rings is 2. The van der Waals surface area contributed by atoms with Crippen molar-refractivity contribution in [3.05, 3.63) is 74.8 Å². The normalized spacial score (nSPS) is 11.9. The van der Waals surface area contributed by atoms with Crippen LogP contribution in [0.25, 0.3) is 0 Å². The first-order valence-corrected chi connectivity index (χ1v) is 7.59. The molecule has 0 aliphatic rings. The third-order valence-corrected chi connectivity index (χ3v) is 4.51. The summed E-state index contributed by atoms with van der Waals surface area (Å²) in [6, 6.07) is 13.2. The van der Waals surface area contributed by atoms with Crippen molar-refractivity contribution in [3.63, 3.8) is 0 Å². The van der Waals surface area contributed by atoms with E-state index in [1.165, 1.54) is 17.8 Å². The zero-order valence-electron chi connectivity index (χ0n) is 11.3. The Kier molecular flexibility index (Phi) is 5.41. The molecule has 0 fully saturated rings. The molecule has 2 aromatic carbocycles. The number of nitro groups is 1. The van der Waals surface area contributed by atoms with Crippen LogP contribution in [0.15, 0.2) is 53.4 Å². The summed E-state index contributed by atoms with van der Waals surface area (Å²) in [7, 11) is 0. The SMILES string of the molecule is O=C(O)c1ccccc1SC(C[N+](=O)[O-])c1ccc(Cl)cc1. The van der Waals surface area contributed by atoms with Gasteiger partial charge in [0.05, 0.1) is 10.8 Å². The van der Waals surface area contributed by atoms with E-state index in [4.69, 9.17) is 11.6 Å². The Morgan fingerprint density at radius 3 is 2.45 bits per heavy atom. The van der Waals surface area contributed by atoms with E-state index >= 15 is 0 Å². The molecule has 0 bridgehead atoms. The summed E-state index contributed by atoms with van der Waals surface area (Å²) in [5.74, 6) is -1.06. The molecule has 0 saturated heterocycles. The van der Waals surface area contributed by atoms with Gasteiger partial charge in [0.15, 0.2) is 0 Å². The molecule has 1 unspecified atom stereocenters. The molecule has 2 aromatic rings. The highest BCUT2D eigenvalue weighted by Crippen LogP contribution is 2.37.